The van der Waals surface area contributed by atoms with Crippen molar-refractivity contribution in [3.8, 4) is 11.4 Å². The molecule has 0 saturated carbocycles. The number of nitrogens with one attached hydrogen (secondary N) is 1. The third-order valence-electron chi connectivity index (χ3n) is 4.36. The van der Waals surface area contributed by atoms with Gasteiger partial charge in [0.25, 0.3) is 0 Å². The maximum atomic E-state index is 4.88. The number of hydrogen-bond acceptors (Lipinski definition) is 2. The monoisotopic (exact) mass is 391 g/mol. The van der Waals surface area contributed by atoms with Gasteiger partial charge in [0.05, 0.1) is 11.0 Å². The van der Waals surface area contributed by atoms with Crippen LogP contribution >= 0.6 is 28.3 Å². The third-order valence-corrected chi connectivity index (χ3v) is 4.89. The summed E-state index contributed by atoms with van der Waals surface area (Å²) in [6.07, 6.45) is 1.24. The van der Waals surface area contributed by atoms with Crippen molar-refractivity contribution >= 4 is 39.4 Å². The van der Waals surface area contributed by atoms with Crippen LogP contribution < -0.4 is 5.32 Å². The highest BCUT2D eigenvalue weighted by Crippen LogP contribution is 2.27. The van der Waals surface area contributed by atoms with Crippen molar-refractivity contribution in [2.45, 2.75) is 13.0 Å². The van der Waals surface area contributed by atoms with Gasteiger partial charge in [-0.15, -0.1) is 12.4 Å². The average molecular weight is 393 g/mol. The van der Waals surface area contributed by atoms with Crippen molar-refractivity contribution in [1.82, 2.24) is 14.9 Å². The van der Waals surface area contributed by atoms with Crippen molar-refractivity contribution in [2.24, 2.45) is 5.92 Å². The Morgan fingerprint density at radius 2 is 1.91 bits per heavy atom. The zero-order chi connectivity index (χ0) is 14.9. The standard InChI is InChI=1S/C18H18BrN3.ClH/c19-15-7-5-14(6-8-15)18-21-16-3-1-2-4-17(16)22(18)12-13-9-10-20-11-13;/h1-8,13,20H,9-12H2;1H/t13-;/m1./s1. The number of halogens is 2. The van der Waals surface area contributed by atoms with E-state index in [4.69, 9.17) is 4.98 Å². The van der Waals surface area contributed by atoms with Crippen LogP contribution in [-0.4, -0.2) is 22.6 Å². The summed E-state index contributed by atoms with van der Waals surface area (Å²) in [5.41, 5.74) is 3.48. The molecule has 120 valence electrons. The maximum absolute atomic E-state index is 4.88. The number of fused-ring (bicyclic) bond motifs is 1. The molecule has 1 aliphatic rings. The van der Waals surface area contributed by atoms with E-state index in [0.717, 1.165) is 35.4 Å². The summed E-state index contributed by atoms with van der Waals surface area (Å²) in [7, 11) is 0. The van der Waals surface area contributed by atoms with Gasteiger partial charge in [0, 0.05) is 16.6 Å². The highest BCUT2D eigenvalue weighted by atomic mass is 79.9. The molecule has 0 aliphatic carbocycles. The van der Waals surface area contributed by atoms with Gasteiger partial charge in [0.2, 0.25) is 0 Å². The number of imidazole rings is 1. The molecule has 0 amide bonds. The first kappa shape index (κ1) is 16.5. The van der Waals surface area contributed by atoms with Gasteiger partial charge in [-0.2, -0.15) is 0 Å². The lowest BCUT2D eigenvalue weighted by molar-refractivity contribution is 0.492. The van der Waals surface area contributed by atoms with Gasteiger partial charge in [-0.1, -0.05) is 40.2 Å². The second-order valence-electron chi connectivity index (χ2n) is 5.90. The van der Waals surface area contributed by atoms with Crippen molar-refractivity contribution in [3.05, 3.63) is 53.0 Å². The molecule has 1 fully saturated rings. The average Bonchev–Trinajstić information content (AvgIpc) is 3.17. The first-order chi connectivity index (χ1) is 10.8. The van der Waals surface area contributed by atoms with E-state index in [1.54, 1.807) is 0 Å². The Hall–Kier alpha value is -1.36. The fraction of sp³-hybridized carbons (Fsp3) is 0.278. The Morgan fingerprint density at radius 1 is 1.13 bits per heavy atom. The van der Waals surface area contributed by atoms with Crippen molar-refractivity contribution < 1.29 is 0 Å². The van der Waals surface area contributed by atoms with E-state index in [-0.39, 0.29) is 12.4 Å². The van der Waals surface area contributed by atoms with E-state index < -0.39 is 0 Å². The lowest BCUT2D eigenvalue weighted by atomic mass is 10.1. The summed E-state index contributed by atoms with van der Waals surface area (Å²) in [6.45, 7) is 3.26. The van der Waals surface area contributed by atoms with E-state index in [1.165, 1.54) is 17.5 Å². The summed E-state index contributed by atoms with van der Waals surface area (Å²) < 4.78 is 3.48. The predicted molar refractivity (Wildman–Crippen MR) is 101 cm³/mol. The Kier molecular flexibility index (Phi) is 5.05. The number of para-hydroxylation sites is 2. The van der Waals surface area contributed by atoms with Crippen LogP contribution in [0.4, 0.5) is 0 Å². The molecule has 1 atom stereocenters. The van der Waals surface area contributed by atoms with Gasteiger partial charge in [0.1, 0.15) is 5.82 Å². The fourth-order valence-corrected chi connectivity index (χ4v) is 3.47. The first-order valence-electron chi connectivity index (χ1n) is 7.73. The normalized spacial score (nSPS) is 17.3. The Bertz CT molecular complexity index is 792. The highest BCUT2D eigenvalue weighted by Gasteiger charge is 2.19. The minimum Gasteiger partial charge on any atom is -0.324 e. The molecule has 0 spiro atoms. The summed E-state index contributed by atoms with van der Waals surface area (Å²) >= 11 is 3.51. The summed E-state index contributed by atoms with van der Waals surface area (Å²) in [6, 6.07) is 16.9. The lowest BCUT2D eigenvalue weighted by Crippen LogP contribution is -2.15. The number of nitrogens with zero attached hydrogens (tertiary/aromatic N) is 2. The number of aromatic nitrogens is 2. The number of rotatable bonds is 3. The zero-order valence-corrected chi connectivity index (χ0v) is 15.1. The van der Waals surface area contributed by atoms with Crippen LogP contribution in [0, 0.1) is 5.92 Å². The largest absolute Gasteiger partial charge is 0.324 e. The fourth-order valence-electron chi connectivity index (χ4n) is 3.21. The molecule has 23 heavy (non-hydrogen) atoms. The molecule has 2 heterocycles. The topological polar surface area (TPSA) is 29.9 Å². The van der Waals surface area contributed by atoms with Crippen LogP contribution in [0.25, 0.3) is 22.4 Å². The quantitative estimate of drug-likeness (QED) is 0.711. The van der Waals surface area contributed by atoms with Gasteiger partial charge in [-0.25, -0.2) is 4.98 Å². The highest BCUT2D eigenvalue weighted by molar-refractivity contribution is 9.10. The molecule has 1 N–H and O–H groups in total. The SMILES string of the molecule is Brc1ccc(-c2nc3ccccc3n2C[C@@H]2CCNC2)cc1.Cl. The molecule has 5 heteroatoms. The van der Waals surface area contributed by atoms with E-state index in [1.807, 2.05) is 0 Å². The molecule has 1 aromatic heterocycles. The predicted octanol–water partition coefficient (Wildman–Crippen LogP) is 4.50. The van der Waals surface area contributed by atoms with Gasteiger partial charge < -0.3 is 9.88 Å². The molecule has 1 aliphatic heterocycles. The zero-order valence-electron chi connectivity index (χ0n) is 12.7. The van der Waals surface area contributed by atoms with E-state index in [0.29, 0.717) is 5.92 Å². The second-order valence-corrected chi connectivity index (χ2v) is 6.82. The first-order valence-corrected chi connectivity index (χ1v) is 8.52. The number of benzene rings is 2. The lowest BCUT2D eigenvalue weighted by Gasteiger charge is -2.14. The van der Waals surface area contributed by atoms with Crippen LogP contribution in [0.3, 0.4) is 0 Å². The molecule has 0 unspecified atom stereocenters. The van der Waals surface area contributed by atoms with E-state index >= 15 is 0 Å². The van der Waals surface area contributed by atoms with Crippen LogP contribution in [0.5, 0.6) is 0 Å². The maximum Gasteiger partial charge on any atom is 0.141 e. The molecule has 2 aromatic carbocycles. The van der Waals surface area contributed by atoms with E-state index in [2.05, 4.69) is 74.3 Å². The summed E-state index contributed by atoms with van der Waals surface area (Å²) in [5, 5.41) is 3.46. The third kappa shape index (κ3) is 3.30. The number of hydrogen-bond donors (Lipinski definition) is 1. The molecule has 3 aromatic rings. The summed E-state index contributed by atoms with van der Waals surface area (Å²) in [5.74, 6) is 1.76. The van der Waals surface area contributed by atoms with Gasteiger partial charge in [-0.3, -0.25) is 0 Å². The molecule has 3 nitrogen and oxygen atoms in total. The van der Waals surface area contributed by atoms with E-state index in [9.17, 15) is 0 Å². The Labute approximate surface area is 150 Å². The van der Waals surface area contributed by atoms with Crippen molar-refractivity contribution in [3.63, 3.8) is 0 Å². The summed E-state index contributed by atoms with van der Waals surface area (Å²) in [4.78, 5) is 4.88. The van der Waals surface area contributed by atoms with Crippen LogP contribution in [0.15, 0.2) is 53.0 Å². The van der Waals surface area contributed by atoms with Crippen LogP contribution in [0.1, 0.15) is 6.42 Å². The molecule has 0 bridgehead atoms. The minimum atomic E-state index is 0. The van der Waals surface area contributed by atoms with Crippen LogP contribution in [0.2, 0.25) is 0 Å². The second kappa shape index (κ2) is 7.04. The molecule has 4 rings (SSSR count). The smallest absolute Gasteiger partial charge is 0.141 e. The molecule has 0 radical (unpaired) electrons. The Morgan fingerprint density at radius 3 is 2.65 bits per heavy atom. The van der Waals surface area contributed by atoms with Gasteiger partial charge >= 0.3 is 0 Å². The Balaban J connectivity index is 0.00000156. The molecule has 1 saturated heterocycles. The molecular weight excluding hydrogens is 374 g/mol. The van der Waals surface area contributed by atoms with Crippen molar-refractivity contribution in [2.75, 3.05) is 13.1 Å². The van der Waals surface area contributed by atoms with Crippen molar-refractivity contribution in [1.29, 1.82) is 0 Å². The van der Waals surface area contributed by atoms with Gasteiger partial charge in [0.15, 0.2) is 0 Å². The van der Waals surface area contributed by atoms with Gasteiger partial charge in [-0.05, 0) is 49.7 Å². The van der Waals surface area contributed by atoms with Crippen LogP contribution in [-0.2, 0) is 6.54 Å². The molecular formula is C18H19BrClN3. The minimum absolute atomic E-state index is 0.